The highest BCUT2D eigenvalue weighted by molar-refractivity contribution is 7.99. The molecule has 1 aromatic heterocycles. The van der Waals surface area contributed by atoms with E-state index in [1.54, 1.807) is 17.8 Å². The molecule has 5 rings (SSSR count). The minimum absolute atomic E-state index is 0.348. The van der Waals surface area contributed by atoms with Gasteiger partial charge in [-0.1, -0.05) is 30.0 Å². The topological polar surface area (TPSA) is 43.8 Å². The second-order valence-corrected chi connectivity index (χ2v) is 9.63. The van der Waals surface area contributed by atoms with Crippen molar-refractivity contribution < 1.29 is 9.90 Å². The zero-order valence-corrected chi connectivity index (χ0v) is 17.6. The number of para-hydroxylation sites is 1. The Kier molecular flexibility index (Phi) is 5.08. The van der Waals surface area contributed by atoms with Gasteiger partial charge in [0.1, 0.15) is 0 Å². The predicted octanol–water partition coefficient (Wildman–Crippen LogP) is 5.71. The summed E-state index contributed by atoms with van der Waals surface area (Å²) in [5.74, 6) is -0.874. The van der Waals surface area contributed by atoms with E-state index in [2.05, 4.69) is 51.6 Å². The van der Waals surface area contributed by atoms with Crippen molar-refractivity contribution in [2.75, 3.05) is 18.0 Å². The van der Waals surface area contributed by atoms with Crippen molar-refractivity contribution in [2.24, 2.45) is 0 Å². The second-order valence-electron chi connectivity index (χ2n) is 7.51. The number of carbonyl (C=O) groups is 1. The number of fused-ring (bicyclic) bond motifs is 2. The fourth-order valence-electron chi connectivity index (χ4n) is 4.27. The number of rotatable bonds is 4. The molecule has 4 nitrogen and oxygen atoms in total. The lowest BCUT2D eigenvalue weighted by Gasteiger charge is -2.42. The van der Waals surface area contributed by atoms with Gasteiger partial charge in [-0.15, -0.1) is 11.3 Å². The van der Waals surface area contributed by atoms with Crippen LogP contribution in [0.25, 0.3) is 0 Å². The Balaban J connectivity index is 1.42. The Morgan fingerprint density at radius 1 is 1.00 bits per heavy atom. The number of carboxylic acids is 1. The molecule has 0 atom stereocenters. The van der Waals surface area contributed by atoms with E-state index in [1.807, 2.05) is 23.5 Å². The van der Waals surface area contributed by atoms with Gasteiger partial charge in [0.2, 0.25) is 0 Å². The van der Waals surface area contributed by atoms with Crippen molar-refractivity contribution in [3.8, 4) is 0 Å². The summed E-state index contributed by atoms with van der Waals surface area (Å²) in [6.45, 7) is 3.20. The molecule has 2 aliphatic heterocycles. The third kappa shape index (κ3) is 3.68. The Morgan fingerprint density at radius 3 is 2.55 bits per heavy atom. The SMILES string of the molecule is O=C(O)c1ccc2c(c1)Sc1ccccc1N2C1CCN(Cc2cccs2)CC1. The summed E-state index contributed by atoms with van der Waals surface area (Å²) in [4.78, 5) is 20.1. The molecule has 0 radical (unpaired) electrons. The lowest BCUT2D eigenvalue weighted by Crippen LogP contribution is -2.43. The van der Waals surface area contributed by atoms with Crippen LogP contribution in [-0.2, 0) is 6.54 Å². The van der Waals surface area contributed by atoms with Gasteiger partial charge in [-0.25, -0.2) is 4.79 Å². The Morgan fingerprint density at radius 2 is 1.79 bits per heavy atom. The minimum atomic E-state index is -0.874. The largest absolute Gasteiger partial charge is 0.478 e. The molecule has 3 heterocycles. The number of piperidine rings is 1. The fraction of sp³-hybridized carbons (Fsp3) is 0.261. The molecule has 0 spiro atoms. The van der Waals surface area contributed by atoms with Gasteiger partial charge >= 0.3 is 5.97 Å². The smallest absolute Gasteiger partial charge is 0.335 e. The van der Waals surface area contributed by atoms with Crippen LogP contribution >= 0.6 is 23.1 Å². The number of likely N-dealkylation sites (tertiary alicyclic amines) is 1. The molecule has 0 aliphatic carbocycles. The zero-order chi connectivity index (χ0) is 19.8. The van der Waals surface area contributed by atoms with Crippen LogP contribution in [0.4, 0.5) is 11.4 Å². The van der Waals surface area contributed by atoms with Crippen molar-refractivity contribution in [1.29, 1.82) is 0 Å². The fourth-order valence-corrected chi connectivity index (χ4v) is 6.13. The molecular formula is C23H22N2O2S2. The van der Waals surface area contributed by atoms with Crippen LogP contribution in [0.15, 0.2) is 69.8 Å². The number of thiophene rings is 1. The van der Waals surface area contributed by atoms with Gasteiger partial charge in [-0.2, -0.15) is 0 Å². The molecule has 0 bridgehead atoms. The van der Waals surface area contributed by atoms with Crippen molar-refractivity contribution in [1.82, 2.24) is 4.90 Å². The molecule has 0 amide bonds. The molecule has 148 valence electrons. The first-order chi connectivity index (χ1) is 14.2. The molecule has 1 saturated heterocycles. The Labute approximate surface area is 178 Å². The highest BCUT2D eigenvalue weighted by Crippen LogP contribution is 2.50. The third-order valence-corrected chi connectivity index (χ3v) is 7.67. The minimum Gasteiger partial charge on any atom is -0.478 e. The van der Waals surface area contributed by atoms with Crippen molar-refractivity contribution in [3.05, 3.63) is 70.4 Å². The number of aromatic carboxylic acids is 1. The van der Waals surface area contributed by atoms with Crippen LogP contribution in [0.3, 0.4) is 0 Å². The van der Waals surface area contributed by atoms with Crippen LogP contribution in [0.1, 0.15) is 28.1 Å². The molecule has 0 saturated carbocycles. The van der Waals surface area contributed by atoms with E-state index in [4.69, 9.17) is 0 Å². The maximum absolute atomic E-state index is 11.5. The molecule has 6 heteroatoms. The first-order valence-electron chi connectivity index (χ1n) is 9.87. The van der Waals surface area contributed by atoms with Gasteiger partial charge in [0.25, 0.3) is 0 Å². The maximum Gasteiger partial charge on any atom is 0.335 e. The number of hydrogen-bond donors (Lipinski definition) is 1. The Hall–Kier alpha value is -2.28. The van der Waals surface area contributed by atoms with Crippen LogP contribution in [0, 0.1) is 0 Å². The highest BCUT2D eigenvalue weighted by atomic mass is 32.2. The lowest BCUT2D eigenvalue weighted by molar-refractivity contribution is 0.0696. The first kappa shape index (κ1) is 18.7. The van der Waals surface area contributed by atoms with E-state index in [0.717, 1.165) is 43.1 Å². The number of hydrogen-bond acceptors (Lipinski definition) is 5. The van der Waals surface area contributed by atoms with Crippen LogP contribution in [0.2, 0.25) is 0 Å². The van der Waals surface area contributed by atoms with Gasteiger partial charge in [0.05, 0.1) is 16.9 Å². The standard InChI is InChI=1S/C23H22N2O2S2/c26-23(27)16-7-8-20-22(14-16)29-21-6-2-1-5-19(21)25(20)17-9-11-24(12-10-17)15-18-4-3-13-28-18/h1-8,13-14,17H,9-12,15H2,(H,26,27). The quantitative estimate of drug-likeness (QED) is 0.583. The molecule has 2 aliphatic rings. The van der Waals surface area contributed by atoms with Crippen molar-refractivity contribution in [3.63, 3.8) is 0 Å². The summed E-state index contributed by atoms with van der Waals surface area (Å²) < 4.78 is 0. The first-order valence-corrected chi connectivity index (χ1v) is 11.6. The summed E-state index contributed by atoms with van der Waals surface area (Å²) in [5.41, 5.74) is 2.72. The number of carboxylic acid groups (broad SMARTS) is 1. The van der Waals surface area contributed by atoms with Gasteiger partial charge < -0.3 is 10.0 Å². The van der Waals surface area contributed by atoms with Crippen LogP contribution < -0.4 is 4.90 Å². The molecule has 29 heavy (non-hydrogen) atoms. The molecule has 1 N–H and O–H groups in total. The van der Waals surface area contributed by atoms with Gasteiger partial charge in [0.15, 0.2) is 0 Å². The summed E-state index contributed by atoms with van der Waals surface area (Å²) in [6.07, 6.45) is 2.20. The van der Waals surface area contributed by atoms with Crippen molar-refractivity contribution >= 4 is 40.4 Å². The van der Waals surface area contributed by atoms with Crippen LogP contribution in [-0.4, -0.2) is 35.1 Å². The monoisotopic (exact) mass is 422 g/mol. The average Bonchev–Trinajstić information content (AvgIpc) is 3.25. The summed E-state index contributed by atoms with van der Waals surface area (Å²) in [6, 6.07) is 18.8. The van der Waals surface area contributed by atoms with Gasteiger partial charge in [-0.3, -0.25) is 4.90 Å². The van der Waals surface area contributed by atoms with E-state index >= 15 is 0 Å². The van der Waals surface area contributed by atoms with E-state index in [0.29, 0.717) is 11.6 Å². The number of benzene rings is 2. The van der Waals surface area contributed by atoms with E-state index in [-0.39, 0.29) is 0 Å². The number of anilines is 2. The summed E-state index contributed by atoms with van der Waals surface area (Å²) in [7, 11) is 0. The van der Waals surface area contributed by atoms with Gasteiger partial charge in [-0.05, 0) is 54.6 Å². The molecule has 0 unspecified atom stereocenters. The van der Waals surface area contributed by atoms with Gasteiger partial charge in [0, 0.05) is 40.3 Å². The van der Waals surface area contributed by atoms with Crippen molar-refractivity contribution in [2.45, 2.75) is 35.2 Å². The zero-order valence-electron chi connectivity index (χ0n) is 16.0. The van der Waals surface area contributed by atoms with Crippen LogP contribution in [0.5, 0.6) is 0 Å². The average molecular weight is 423 g/mol. The Bertz CT molecular complexity index is 1030. The van der Waals surface area contributed by atoms with E-state index < -0.39 is 5.97 Å². The summed E-state index contributed by atoms with van der Waals surface area (Å²) in [5, 5.41) is 11.5. The maximum atomic E-state index is 11.5. The highest BCUT2D eigenvalue weighted by Gasteiger charge is 2.32. The second kappa shape index (κ2) is 7.86. The molecule has 1 fully saturated rings. The van der Waals surface area contributed by atoms with E-state index in [9.17, 15) is 9.90 Å². The normalized spacial score (nSPS) is 17.0. The lowest BCUT2D eigenvalue weighted by atomic mass is 10.0. The predicted molar refractivity (Wildman–Crippen MR) is 119 cm³/mol. The molecule has 3 aromatic rings. The molecular weight excluding hydrogens is 400 g/mol. The summed E-state index contributed by atoms with van der Waals surface area (Å²) >= 11 is 3.50. The number of nitrogens with zero attached hydrogens (tertiary/aromatic N) is 2. The molecule has 2 aromatic carbocycles. The third-order valence-electron chi connectivity index (χ3n) is 5.69. The van der Waals surface area contributed by atoms with E-state index in [1.165, 1.54) is 15.5 Å².